The minimum Gasteiger partial charge on any atom is -0.358 e. The summed E-state index contributed by atoms with van der Waals surface area (Å²) in [6.07, 6.45) is 5.21. The average Bonchev–Trinajstić information content (AvgIpc) is 2.05. The molecule has 0 aromatic rings. The van der Waals surface area contributed by atoms with Crippen molar-refractivity contribution < 1.29 is 9.53 Å². The number of nitrogens with one attached hydrogen (secondary N) is 1. The molecule has 1 N–H and O–H groups in total. The van der Waals surface area contributed by atoms with E-state index in [0.717, 1.165) is 0 Å². The average molecular weight is 153 g/mol. The normalized spacial score (nSPS) is 22.4. The second kappa shape index (κ2) is 3.34. The number of allylic oxidation sites excluding steroid dienone is 3. The Hall–Kier alpha value is -1.09. The molecule has 60 valence electrons. The van der Waals surface area contributed by atoms with Gasteiger partial charge in [-0.05, 0) is 12.2 Å². The van der Waals surface area contributed by atoms with Crippen LogP contribution < -0.4 is 5.32 Å². The number of Topliss-reactive ketones (excluding diaryl/α,β-unsaturated/α-hetero) is 1. The molecule has 1 aliphatic heterocycles. The van der Waals surface area contributed by atoms with Crippen molar-refractivity contribution in [2.24, 2.45) is 0 Å². The van der Waals surface area contributed by atoms with E-state index in [0.29, 0.717) is 5.70 Å². The first-order valence-electron chi connectivity index (χ1n) is 3.43. The number of ketones is 1. The largest absolute Gasteiger partial charge is 0.358 e. The van der Waals surface area contributed by atoms with Crippen LogP contribution in [-0.2, 0) is 9.53 Å². The Morgan fingerprint density at radius 3 is 3.00 bits per heavy atom. The van der Waals surface area contributed by atoms with Crippen molar-refractivity contribution in [1.29, 1.82) is 0 Å². The van der Waals surface area contributed by atoms with Crippen LogP contribution in [0, 0.1) is 0 Å². The van der Waals surface area contributed by atoms with Gasteiger partial charge in [-0.15, -0.1) is 0 Å². The van der Waals surface area contributed by atoms with Gasteiger partial charge in [0.1, 0.15) is 6.23 Å². The predicted molar refractivity (Wildman–Crippen MR) is 41.8 cm³/mol. The van der Waals surface area contributed by atoms with E-state index in [1.165, 1.54) is 6.92 Å². The number of ether oxygens (including phenoxy) is 1. The zero-order valence-corrected chi connectivity index (χ0v) is 6.63. The van der Waals surface area contributed by atoms with Gasteiger partial charge in [0.05, 0.1) is 5.70 Å². The van der Waals surface area contributed by atoms with Gasteiger partial charge in [-0.2, -0.15) is 0 Å². The fourth-order valence-electron chi connectivity index (χ4n) is 0.859. The summed E-state index contributed by atoms with van der Waals surface area (Å²) in [5, 5.41) is 2.91. The SMILES string of the molecule is COC1C=CC=C(C(C)=O)N1. The molecule has 11 heavy (non-hydrogen) atoms. The molecule has 3 nitrogen and oxygen atoms in total. The van der Waals surface area contributed by atoms with Crippen LogP contribution in [-0.4, -0.2) is 19.1 Å². The first-order chi connectivity index (χ1) is 5.24. The number of carbonyl (C=O) groups excluding carboxylic acids is 1. The summed E-state index contributed by atoms with van der Waals surface area (Å²) in [6, 6.07) is 0. The van der Waals surface area contributed by atoms with Gasteiger partial charge < -0.3 is 10.1 Å². The lowest BCUT2D eigenvalue weighted by Crippen LogP contribution is -2.32. The maximum atomic E-state index is 10.8. The second-order valence-electron chi connectivity index (χ2n) is 2.32. The number of dihydropyridines is 1. The molecule has 3 heteroatoms. The van der Waals surface area contributed by atoms with Gasteiger partial charge in [0.15, 0.2) is 5.78 Å². The Labute approximate surface area is 65.7 Å². The Morgan fingerprint density at radius 1 is 1.73 bits per heavy atom. The molecular formula is C8H11NO2. The lowest BCUT2D eigenvalue weighted by Gasteiger charge is -2.18. The molecule has 0 spiro atoms. The van der Waals surface area contributed by atoms with E-state index in [9.17, 15) is 4.79 Å². The standard InChI is InChI=1S/C8H11NO2/c1-6(10)7-4-3-5-8(9-7)11-2/h3-5,8-9H,1-2H3. The summed E-state index contributed by atoms with van der Waals surface area (Å²) < 4.78 is 4.98. The fourth-order valence-corrected chi connectivity index (χ4v) is 0.859. The van der Waals surface area contributed by atoms with Crippen molar-refractivity contribution in [3.63, 3.8) is 0 Å². The summed E-state index contributed by atoms with van der Waals surface area (Å²) in [5.74, 6) is 0.0244. The Balaban J connectivity index is 2.64. The molecule has 0 radical (unpaired) electrons. The van der Waals surface area contributed by atoms with Gasteiger partial charge in [-0.1, -0.05) is 6.08 Å². The topological polar surface area (TPSA) is 38.3 Å². The van der Waals surface area contributed by atoms with Crippen molar-refractivity contribution in [1.82, 2.24) is 5.32 Å². The van der Waals surface area contributed by atoms with Crippen molar-refractivity contribution in [3.05, 3.63) is 23.9 Å². The van der Waals surface area contributed by atoms with E-state index in [2.05, 4.69) is 5.32 Å². The van der Waals surface area contributed by atoms with Gasteiger partial charge in [0, 0.05) is 14.0 Å². The summed E-state index contributed by atoms with van der Waals surface area (Å²) in [5.41, 5.74) is 0.597. The molecule has 0 amide bonds. The van der Waals surface area contributed by atoms with E-state index in [1.54, 1.807) is 19.3 Å². The van der Waals surface area contributed by atoms with E-state index in [1.807, 2.05) is 6.08 Å². The first-order valence-corrected chi connectivity index (χ1v) is 3.43. The number of carbonyl (C=O) groups is 1. The quantitative estimate of drug-likeness (QED) is 0.631. The highest BCUT2D eigenvalue weighted by Crippen LogP contribution is 2.02. The molecule has 0 saturated heterocycles. The van der Waals surface area contributed by atoms with Crippen LogP contribution in [0.4, 0.5) is 0 Å². The van der Waals surface area contributed by atoms with Crippen LogP contribution in [0.25, 0.3) is 0 Å². The zero-order valence-electron chi connectivity index (χ0n) is 6.63. The molecule has 1 aliphatic rings. The van der Waals surface area contributed by atoms with E-state index < -0.39 is 0 Å². The van der Waals surface area contributed by atoms with E-state index in [4.69, 9.17) is 4.74 Å². The van der Waals surface area contributed by atoms with Crippen molar-refractivity contribution in [3.8, 4) is 0 Å². The van der Waals surface area contributed by atoms with Gasteiger partial charge in [0.2, 0.25) is 0 Å². The lowest BCUT2D eigenvalue weighted by molar-refractivity contribution is -0.114. The first kappa shape index (κ1) is 8.01. The fraction of sp³-hybridized carbons (Fsp3) is 0.375. The molecule has 1 atom stereocenters. The minimum absolute atomic E-state index is 0.0244. The maximum absolute atomic E-state index is 10.8. The van der Waals surface area contributed by atoms with Crippen molar-refractivity contribution in [2.75, 3.05) is 7.11 Å². The van der Waals surface area contributed by atoms with Crippen LogP contribution in [0.2, 0.25) is 0 Å². The smallest absolute Gasteiger partial charge is 0.175 e. The van der Waals surface area contributed by atoms with E-state index >= 15 is 0 Å². The number of rotatable bonds is 2. The molecule has 1 rings (SSSR count). The summed E-state index contributed by atoms with van der Waals surface area (Å²) in [4.78, 5) is 10.8. The molecule has 0 fully saturated rings. The van der Waals surface area contributed by atoms with Crippen LogP contribution in [0.1, 0.15) is 6.92 Å². The van der Waals surface area contributed by atoms with Crippen molar-refractivity contribution >= 4 is 5.78 Å². The van der Waals surface area contributed by atoms with Crippen molar-refractivity contribution in [2.45, 2.75) is 13.2 Å². The van der Waals surface area contributed by atoms with Crippen LogP contribution in [0.15, 0.2) is 23.9 Å². The third kappa shape index (κ3) is 1.91. The molecule has 0 aromatic heterocycles. The zero-order chi connectivity index (χ0) is 8.27. The lowest BCUT2D eigenvalue weighted by atomic mass is 10.2. The summed E-state index contributed by atoms with van der Waals surface area (Å²) >= 11 is 0. The molecule has 0 aromatic carbocycles. The second-order valence-corrected chi connectivity index (χ2v) is 2.32. The predicted octanol–water partition coefficient (Wildman–Crippen LogP) is 0.591. The molecular weight excluding hydrogens is 142 g/mol. The number of hydrogen-bond donors (Lipinski definition) is 1. The Bertz CT molecular complexity index is 218. The number of methoxy groups -OCH3 is 1. The Kier molecular flexibility index (Phi) is 2.44. The van der Waals surface area contributed by atoms with Crippen LogP contribution >= 0.6 is 0 Å². The van der Waals surface area contributed by atoms with Gasteiger partial charge in [0.25, 0.3) is 0 Å². The summed E-state index contributed by atoms with van der Waals surface area (Å²) in [6.45, 7) is 1.52. The van der Waals surface area contributed by atoms with Gasteiger partial charge in [-0.25, -0.2) is 0 Å². The third-order valence-corrected chi connectivity index (χ3v) is 1.48. The third-order valence-electron chi connectivity index (χ3n) is 1.48. The van der Waals surface area contributed by atoms with Gasteiger partial charge >= 0.3 is 0 Å². The van der Waals surface area contributed by atoms with Gasteiger partial charge in [-0.3, -0.25) is 4.79 Å². The Morgan fingerprint density at radius 2 is 2.45 bits per heavy atom. The number of hydrogen-bond acceptors (Lipinski definition) is 3. The highest BCUT2D eigenvalue weighted by Gasteiger charge is 2.10. The molecule has 1 unspecified atom stereocenters. The molecule has 0 aliphatic carbocycles. The van der Waals surface area contributed by atoms with Crippen LogP contribution in [0.3, 0.4) is 0 Å². The van der Waals surface area contributed by atoms with E-state index in [-0.39, 0.29) is 12.0 Å². The highest BCUT2D eigenvalue weighted by atomic mass is 16.5. The molecule has 0 bridgehead atoms. The van der Waals surface area contributed by atoms with Crippen LogP contribution in [0.5, 0.6) is 0 Å². The minimum atomic E-state index is -0.168. The maximum Gasteiger partial charge on any atom is 0.175 e. The monoisotopic (exact) mass is 153 g/mol. The molecule has 0 saturated carbocycles. The highest BCUT2D eigenvalue weighted by molar-refractivity contribution is 5.93. The molecule has 1 heterocycles. The summed E-state index contributed by atoms with van der Waals surface area (Å²) in [7, 11) is 1.59.